The Morgan fingerprint density at radius 2 is 2.00 bits per heavy atom. The van der Waals surface area contributed by atoms with Gasteiger partial charge in [-0.2, -0.15) is 4.72 Å². The van der Waals surface area contributed by atoms with E-state index in [1.54, 1.807) is 6.92 Å². The molecule has 0 bridgehead atoms. The molecule has 0 aliphatic carbocycles. The van der Waals surface area contributed by atoms with Crippen molar-refractivity contribution in [3.05, 3.63) is 29.3 Å². The summed E-state index contributed by atoms with van der Waals surface area (Å²) in [7, 11) is -2.85. The molecule has 0 aliphatic rings. The maximum Gasteiger partial charge on any atom is 0.338 e. The number of unbranched alkanes of at least 4 members (excludes halogenated alkanes) is 1. The summed E-state index contributed by atoms with van der Waals surface area (Å²) in [5.41, 5.74) is 0.687. The Morgan fingerprint density at radius 3 is 2.52 bits per heavy atom. The van der Waals surface area contributed by atoms with Crippen molar-refractivity contribution < 1.29 is 27.9 Å². The number of ether oxygens (including phenoxy) is 1. The largest absolute Gasteiger partial charge is 0.480 e. The highest BCUT2D eigenvalue weighted by Gasteiger charge is 2.26. The summed E-state index contributed by atoms with van der Waals surface area (Å²) < 4.78 is 31.5. The number of hydrogen-bond donors (Lipinski definition) is 2. The third-order valence-corrected chi connectivity index (χ3v) is 4.84. The molecule has 1 aromatic carbocycles. The average molecular weight is 343 g/mol. The zero-order chi connectivity index (χ0) is 17.6. The summed E-state index contributed by atoms with van der Waals surface area (Å²) in [6, 6.07) is 2.77. The lowest BCUT2D eigenvalue weighted by molar-refractivity contribution is -0.139. The lowest BCUT2D eigenvalue weighted by Gasteiger charge is -2.15. The molecule has 23 heavy (non-hydrogen) atoms. The summed E-state index contributed by atoms with van der Waals surface area (Å²) in [4.78, 5) is 22.7. The second-order valence-electron chi connectivity index (χ2n) is 5.12. The first-order valence-corrected chi connectivity index (χ1v) is 8.65. The molecule has 0 aliphatic heterocycles. The van der Waals surface area contributed by atoms with E-state index in [1.165, 1.54) is 25.3 Å². The van der Waals surface area contributed by atoms with Crippen LogP contribution in [0.1, 0.15) is 42.1 Å². The highest BCUT2D eigenvalue weighted by molar-refractivity contribution is 7.89. The average Bonchev–Trinajstić information content (AvgIpc) is 2.50. The van der Waals surface area contributed by atoms with Crippen molar-refractivity contribution in [1.29, 1.82) is 0 Å². The minimum Gasteiger partial charge on any atom is -0.480 e. The molecule has 0 saturated carbocycles. The second kappa shape index (κ2) is 8.07. The van der Waals surface area contributed by atoms with Gasteiger partial charge in [-0.25, -0.2) is 13.2 Å². The van der Waals surface area contributed by atoms with E-state index >= 15 is 0 Å². The number of carbonyl (C=O) groups excluding carboxylic acids is 1. The first-order chi connectivity index (χ1) is 10.7. The van der Waals surface area contributed by atoms with Gasteiger partial charge in [0.1, 0.15) is 6.04 Å². The number of carboxylic acid groups (broad SMARTS) is 1. The molecule has 1 atom stereocenters. The van der Waals surface area contributed by atoms with E-state index in [0.717, 1.165) is 6.42 Å². The number of aliphatic carboxylic acids is 1. The molecule has 0 spiro atoms. The van der Waals surface area contributed by atoms with Crippen LogP contribution in [-0.2, 0) is 19.6 Å². The van der Waals surface area contributed by atoms with E-state index in [1.807, 2.05) is 6.92 Å². The van der Waals surface area contributed by atoms with E-state index in [9.17, 15) is 18.0 Å². The normalized spacial score (nSPS) is 12.7. The van der Waals surface area contributed by atoms with Gasteiger partial charge in [-0.15, -0.1) is 0 Å². The smallest absolute Gasteiger partial charge is 0.338 e. The molecule has 0 amide bonds. The molecule has 0 heterocycles. The summed E-state index contributed by atoms with van der Waals surface area (Å²) in [6.45, 7) is 3.54. The fourth-order valence-electron chi connectivity index (χ4n) is 1.99. The number of sulfonamides is 1. The van der Waals surface area contributed by atoms with Gasteiger partial charge in [0.2, 0.25) is 10.0 Å². The number of carbonyl (C=O) groups is 2. The zero-order valence-electron chi connectivity index (χ0n) is 13.3. The number of aryl methyl sites for hydroxylation is 1. The van der Waals surface area contributed by atoms with E-state index in [0.29, 0.717) is 12.0 Å². The topological polar surface area (TPSA) is 110 Å². The molecular weight excluding hydrogens is 322 g/mol. The number of carboxylic acids is 1. The van der Waals surface area contributed by atoms with Gasteiger partial charge in [0.25, 0.3) is 0 Å². The minimum absolute atomic E-state index is 0.121. The lowest BCUT2D eigenvalue weighted by Crippen LogP contribution is -2.40. The number of rotatable bonds is 8. The first kappa shape index (κ1) is 19.1. The molecule has 0 aromatic heterocycles. The number of nitrogens with one attached hydrogen (secondary N) is 1. The Labute approximate surface area is 135 Å². The molecule has 0 radical (unpaired) electrons. The molecule has 0 fully saturated rings. The monoisotopic (exact) mass is 343 g/mol. The predicted molar refractivity (Wildman–Crippen MR) is 83.8 cm³/mol. The van der Waals surface area contributed by atoms with Gasteiger partial charge in [0.05, 0.1) is 17.6 Å². The van der Waals surface area contributed by atoms with Gasteiger partial charge in [0.15, 0.2) is 0 Å². The molecule has 1 rings (SSSR count). The van der Waals surface area contributed by atoms with Crippen molar-refractivity contribution in [3.8, 4) is 0 Å². The maximum absolute atomic E-state index is 12.4. The highest BCUT2D eigenvalue weighted by Crippen LogP contribution is 2.17. The third-order valence-electron chi connectivity index (χ3n) is 3.37. The van der Waals surface area contributed by atoms with E-state index in [-0.39, 0.29) is 16.9 Å². The number of esters is 1. The van der Waals surface area contributed by atoms with Crippen molar-refractivity contribution in [2.45, 2.75) is 44.0 Å². The van der Waals surface area contributed by atoms with Crippen molar-refractivity contribution in [2.75, 3.05) is 7.11 Å². The SMILES string of the molecule is CCCC[C@H](NS(=O)(=O)c1ccc(C)c(C(=O)OC)c1)C(=O)O. The fraction of sp³-hybridized carbons (Fsp3) is 0.467. The number of benzene rings is 1. The molecule has 0 saturated heterocycles. The lowest BCUT2D eigenvalue weighted by atomic mass is 10.1. The zero-order valence-corrected chi connectivity index (χ0v) is 14.1. The standard InChI is InChI=1S/C15H21NO6S/c1-4-5-6-13(14(17)18)16-23(20,21)11-8-7-10(2)12(9-11)15(19)22-3/h7-9,13,16H,4-6H2,1-3H3,(H,17,18)/t13-/m0/s1. The Kier molecular flexibility index (Phi) is 6.71. The van der Waals surface area contributed by atoms with Gasteiger partial charge in [-0.1, -0.05) is 25.8 Å². The van der Waals surface area contributed by atoms with E-state index in [4.69, 9.17) is 5.11 Å². The quantitative estimate of drug-likeness (QED) is 0.695. The van der Waals surface area contributed by atoms with Crippen LogP contribution in [0.3, 0.4) is 0 Å². The Bertz CT molecular complexity index is 683. The van der Waals surface area contributed by atoms with Crippen molar-refractivity contribution >= 4 is 22.0 Å². The summed E-state index contributed by atoms with van der Waals surface area (Å²) in [5.74, 6) is -1.89. The van der Waals surface area contributed by atoms with E-state index in [2.05, 4.69) is 9.46 Å². The van der Waals surface area contributed by atoms with Gasteiger partial charge in [0, 0.05) is 0 Å². The highest BCUT2D eigenvalue weighted by atomic mass is 32.2. The minimum atomic E-state index is -4.05. The molecular formula is C15H21NO6S. The molecule has 1 aromatic rings. The Hall–Kier alpha value is -1.93. The van der Waals surface area contributed by atoms with Crippen LogP contribution in [0.4, 0.5) is 0 Å². The van der Waals surface area contributed by atoms with E-state index < -0.39 is 28.0 Å². The molecule has 128 valence electrons. The Morgan fingerprint density at radius 1 is 1.35 bits per heavy atom. The van der Waals surface area contributed by atoms with Gasteiger partial charge in [-0.05, 0) is 31.0 Å². The summed E-state index contributed by atoms with van der Waals surface area (Å²) in [6.07, 6.45) is 1.53. The number of methoxy groups -OCH3 is 1. The summed E-state index contributed by atoms with van der Waals surface area (Å²) in [5, 5.41) is 9.13. The molecule has 7 nitrogen and oxygen atoms in total. The fourth-order valence-corrected chi connectivity index (χ4v) is 3.24. The van der Waals surface area contributed by atoms with Crippen molar-refractivity contribution in [2.24, 2.45) is 0 Å². The van der Waals surface area contributed by atoms with Gasteiger partial charge in [-0.3, -0.25) is 4.79 Å². The van der Waals surface area contributed by atoms with Crippen molar-refractivity contribution in [3.63, 3.8) is 0 Å². The van der Waals surface area contributed by atoms with Crippen LogP contribution in [-0.4, -0.2) is 38.6 Å². The van der Waals surface area contributed by atoms with Gasteiger partial charge < -0.3 is 9.84 Å². The van der Waals surface area contributed by atoms with Crippen LogP contribution in [0.5, 0.6) is 0 Å². The van der Waals surface area contributed by atoms with Crippen LogP contribution in [0.25, 0.3) is 0 Å². The van der Waals surface area contributed by atoms with Gasteiger partial charge >= 0.3 is 11.9 Å². The van der Waals surface area contributed by atoms with Crippen LogP contribution >= 0.6 is 0 Å². The summed E-state index contributed by atoms with van der Waals surface area (Å²) >= 11 is 0. The Balaban J connectivity index is 3.12. The maximum atomic E-state index is 12.4. The third kappa shape index (κ3) is 5.04. The van der Waals surface area contributed by atoms with Crippen LogP contribution < -0.4 is 4.72 Å². The molecule has 0 unspecified atom stereocenters. The van der Waals surface area contributed by atoms with Crippen LogP contribution in [0.2, 0.25) is 0 Å². The molecule has 8 heteroatoms. The van der Waals surface area contributed by atoms with Crippen LogP contribution in [0.15, 0.2) is 23.1 Å². The van der Waals surface area contributed by atoms with Crippen molar-refractivity contribution in [1.82, 2.24) is 4.72 Å². The van der Waals surface area contributed by atoms with Crippen LogP contribution in [0, 0.1) is 6.92 Å². The first-order valence-electron chi connectivity index (χ1n) is 7.17. The number of hydrogen-bond acceptors (Lipinski definition) is 5. The predicted octanol–water partition coefficient (Wildman–Crippen LogP) is 1.70. The molecule has 2 N–H and O–H groups in total. The second-order valence-corrected chi connectivity index (χ2v) is 6.84.